The van der Waals surface area contributed by atoms with E-state index in [-0.39, 0.29) is 12.5 Å². The van der Waals surface area contributed by atoms with Gasteiger partial charge in [0.25, 0.3) is 0 Å². The van der Waals surface area contributed by atoms with E-state index >= 15 is 0 Å². The Hall–Kier alpha value is -0.735. The highest BCUT2D eigenvalue weighted by Crippen LogP contribution is 2.21. The van der Waals surface area contributed by atoms with Gasteiger partial charge in [0.05, 0.1) is 6.61 Å². The molecule has 0 N–H and O–H groups in total. The van der Waals surface area contributed by atoms with Crippen molar-refractivity contribution < 1.29 is 14.0 Å². The smallest absolute Gasteiger partial charge is 0.486 e. The van der Waals surface area contributed by atoms with Gasteiger partial charge >= 0.3 is 7.12 Å². The Labute approximate surface area is 92.2 Å². The third-order valence-electron chi connectivity index (χ3n) is 2.05. The van der Waals surface area contributed by atoms with Gasteiger partial charge in [-0.1, -0.05) is 26.4 Å². The van der Waals surface area contributed by atoms with Crippen LogP contribution in [0.5, 0.6) is 0 Å². The molecule has 0 bridgehead atoms. The first-order chi connectivity index (χ1) is 7.03. The molecule has 15 heavy (non-hydrogen) atoms. The Bertz CT molecular complexity index is 238. The highest BCUT2D eigenvalue weighted by Gasteiger charge is 2.30. The number of hydrogen-bond acceptors (Lipinski definition) is 3. The van der Waals surface area contributed by atoms with Crippen molar-refractivity contribution >= 4 is 7.12 Å². The van der Waals surface area contributed by atoms with Gasteiger partial charge in [0.2, 0.25) is 0 Å². The van der Waals surface area contributed by atoms with Crippen LogP contribution in [-0.4, -0.2) is 26.9 Å². The van der Waals surface area contributed by atoms with Crippen LogP contribution in [0.2, 0.25) is 0 Å². The maximum absolute atomic E-state index is 5.52. The zero-order valence-corrected chi connectivity index (χ0v) is 9.79. The second-order valence-corrected chi connectivity index (χ2v) is 4.41. The van der Waals surface area contributed by atoms with E-state index in [4.69, 9.17) is 14.0 Å². The fraction of sp³-hybridized carbons (Fsp3) is 0.636. The molecule has 1 heterocycles. The summed E-state index contributed by atoms with van der Waals surface area (Å²) in [5, 5.41) is 0. The second-order valence-electron chi connectivity index (χ2n) is 4.41. The first-order valence-electron chi connectivity index (χ1n) is 5.26. The fourth-order valence-corrected chi connectivity index (χ4v) is 1.24. The van der Waals surface area contributed by atoms with Gasteiger partial charge in [-0.15, -0.1) is 0 Å². The molecule has 0 saturated carbocycles. The first kappa shape index (κ1) is 12.3. The van der Waals surface area contributed by atoms with Gasteiger partial charge in [0.15, 0.2) is 0 Å². The van der Waals surface area contributed by atoms with E-state index in [1.54, 1.807) is 6.08 Å². The van der Waals surface area contributed by atoms with Crippen molar-refractivity contribution in [2.75, 3.05) is 19.8 Å². The van der Waals surface area contributed by atoms with Crippen LogP contribution in [0, 0.1) is 5.41 Å². The van der Waals surface area contributed by atoms with E-state index < -0.39 is 0 Å². The summed E-state index contributed by atoms with van der Waals surface area (Å²) in [6, 6.07) is 0. The summed E-state index contributed by atoms with van der Waals surface area (Å²) in [5.41, 5.74) is 0.112. The maximum Gasteiger partial charge on any atom is 0.486 e. The monoisotopic (exact) mass is 210 g/mol. The van der Waals surface area contributed by atoms with Crippen molar-refractivity contribution in [1.82, 2.24) is 0 Å². The maximum atomic E-state index is 5.52. The van der Waals surface area contributed by atoms with Gasteiger partial charge in [0.1, 0.15) is 5.76 Å². The van der Waals surface area contributed by atoms with Gasteiger partial charge in [-0.2, -0.15) is 0 Å². The Morgan fingerprint density at radius 1 is 1.47 bits per heavy atom. The van der Waals surface area contributed by atoms with Crippen molar-refractivity contribution in [3.05, 3.63) is 24.4 Å². The zero-order chi connectivity index (χ0) is 11.3. The standard InChI is InChI=1S/C11H19BO3/c1-5-13-10(2)6-7-12-14-8-11(3,4)9-15-12/h6-7H,2,5,8-9H2,1,3-4H3/b7-6+. The topological polar surface area (TPSA) is 27.7 Å². The van der Waals surface area contributed by atoms with Gasteiger partial charge in [-0.25, -0.2) is 0 Å². The molecule has 1 saturated heterocycles. The molecule has 0 aromatic rings. The lowest BCUT2D eigenvalue weighted by Crippen LogP contribution is -2.39. The van der Waals surface area contributed by atoms with E-state index in [1.807, 2.05) is 12.9 Å². The predicted molar refractivity (Wildman–Crippen MR) is 61.3 cm³/mol. The molecule has 0 unspecified atom stereocenters. The zero-order valence-electron chi connectivity index (χ0n) is 9.79. The quantitative estimate of drug-likeness (QED) is 0.404. The summed E-state index contributed by atoms with van der Waals surface area (Å²) in [6.45, 7) is 11.9. The molecule has 1 aliphatic heterocycles. The summed E-state index contributed by atoms with van der Waals surface area (Å²) < 4.78 is 16.2. The van der Waals surface area contributed by atoms with E-state index in [2.05, 4.69) is 20.4 Å². The average molecular weight is 210 g/mol. The average Bonchev–Trinajstić information content (AvgIpc) is 2.17. The molecule has 1 fully saturated rings. The summed E-state index contributed by atoms with van der Waals surface area (Å²) in [6.07, 6.45) is 1.78. The largest absolute Gasteiger partial charge is 0.495 e. The number of ether oxygens (including phenoxy) is 1. The van der Waals surface area contributed by atoms with Crippen LogP contribution in [0.15, 0.2) is 24.4 Å². The van der Waals surface area contributed by atoms with Crippen LogP contribution >= 0.6 is 0 Å². The highest BCUT2D eigenvalue weighted by molar-refractivity contribution is 6.50. The van der Waals surface area contributed by atoms with Crippen molar-refractivity contribution in [3.8, 4) is 0 Å². The molecule has 84 valence electrons. The molecule has 0 spiro atoms. The minimum atomic E-state index is -0.268. The molecule has 0 atom stereocenters. The normalized spacial score (nSPS) is 20.6. The molecular formula is C11H19BO3. The molecule has 1 aliphatic rings. The Balaban J connectivity index is 2.32. The predicted octanol–water partition coefficient (Wildman–Crippen LogP) is 2.19. The summed E-state index contributed by atoms with van der Waals surface area (Å²) in [5.74, 6) is 2.46. The summed E-state index contributed by atoms with van der Waals surface area (Å²) >= 11 is 0. The molecule has 1 rings (SSSR count). The van der Waals surface area contributed by atoms with E-state index in [9.17, 15) is 0 Å². The molecule has 4 heteroatoms. The molecule has 0 radical (unpaired) electrons. The van der Waals surface area contributed by atoms with Crippen molar-refractivity contribution in [1.29, 1.82) is 0 Å². The molecule has 0 aromatic heterocycles. The lowest BCUT2D eigenvalue weighted by atomic mass is 9.83. The van der Waals surface area contributed by atoms with E-state index in [0.717, 1.165) is 0 Å². The van der Waals surface area contributed by atoms with Crippen LogP contribution in [0.4, 0.5) is 0 Å². The third-order valence-corrected chi connectivity index (χ3v) is 2.05. The molecule has 0 amide bonds. The van der Waals surface area contributed by atoms with E-state index in [1.165, 1.54) is 0 Å². The van der Waals surface area contributed by atoms with Crippen molar-refractivity contribution in [2.45, 2.75) is 20.8 Å². The fourth-order valence-electron chi connectivity index (χ4n) is 1.24. The molecular weight excluding hydrogens is 191 g/mol. The Kier molecular flexibility index (Phi) is 4.42. The Morgan fingerprint density at radius 2 is 2.07 bits per heavy atom. The lowest BCUT2D eigenvalue weighted by molar-refractivity contribution is 0.0335. The van der Waals surface area contributed by atoms with Gasteiger partial charge < -0.3 is 14.0 Å². The van der Waals surface area contributed by atoms with Gasteiger partial charge in [-0.05, 0) is 13.0 Å². The van der Waals surface area contributed by atoms with Crippen LogP contribution in [0.25, 0.3) is 0 Å². The number of rotatable bonds is 4. The summed E-state index contributed by atoms with van der Waals surface area (Å²) in [4.78, 5) is 0. The number of hydrogen-bond donors (Lipinski definition) is 0. The van der Waals surface area contributed by atoms with Crippen LogP contribution < -0.4 is 0 Å². The molecule has 0 aliphatic carbocycles. The molecule has 0 aromatic carbocycles. The highest BCUT2D eigenvalue weighted by atomic mass is 16.6. The summed E-state index contributed by atoms with van der Waals surface area (Å²) in [7, 11) is -0.268. The van der Waals surface area contributed by atoms with E-state index in [0.29, 0.717) is 25.6 Å². The minimum Gasteiger partial charge on any atom is -0.495 e. The van der Waals surface area contributed by atoms with Crippen LogP contribution in [-0.2, 0) is 14.0 Å². The number of allylic oxidation sites excluding steroid dienone is 1. The van der Waals surface area contributed by atoms with Gasteiger partial charge in [0, 0.05) is 18.6 Å². The van der Waals surface area contributed by atoms with Crippen LogP contribution in [0.3, 0.4) is 0 Å². The third kappa shape index (κ3) is 4.54. The molecule has 3 nitrogen and oxygen atoms in total. The lowest BCUT2D eigenvalue weighted by Gasteiger charge is -2.31. The SMILES string of the molecule is C=C(/C=C/B1OCC(C)(C)CO1)OCC. The Morgan fingerprint density at radius 3 is 2.60 bits per heavy atom. The first-order valence-corrected chi connectivity index (χ1v) is 5.26. The van der Waals surface area contributed by atoms with Crippen molar-refractivity contribution in [2.24, 2.45) is 5.41 Å². The second kappa shape index (κ2) is 5.38. The van der Waals surface area contributed by atoms with Gasteiger partial charge in [-0.3, -0.25) is 0 Å². The minimum absolute atomic E-state index is 0.112. The van der Waals surface area contributed by atoms with Crippen LogP contribution in [0.1, 0.15) is 20.8 Å². The van der Waals surface area contributed by atoms with Crippen molar-refractivity contribution in [3.63, 3.8) is 0 Å².